The van der Waals surface area contributed by atoms with Crippen LogP contribution >= 0.6 is 11.3 Å². The Morgan fingerprint density at radius 2 is 2.16 bits per heavy atom. The summed E-state index contributed by atoms with van der Waals surface area (Å²) in [5.74, 6) is 0.289. The van der Waals surface area contributed by atoms with Crippen LogP contribution in [0.25, 0.3) is 0 Å². The maximum absolute atomic E-state index is 11.8. The molecular formula is C12H22N2O3S2. The number of aryl methyl sites for hydroxylation is 1. The highest BCUT2D eigenvalue weighted by atomic mass is 32.2. The fourth-order valence-electron chi connectivity index (χ4n) is 1.66. The zero-order chi connectivity index (χ0) is 14.3. The average Bonchev–Trinajstić information content (AvgIpc) is 2.64. The number of rotatable bonds is 9. The molecule has 0 spiro atoms. The number of hydrogen-bond donors (Lipinski definition) is 1. The minimum absolute atomic E-state index is 0.0599. The van der Waals surface area contributed by atoms with Gasteiger partial charge in [-0.2, -0.15) is 0 Å². The molecule has 0 aliphatic heterocycles. The topological polar surface area (TPSA) is 68.3 Å². The molecule has 0 bridgehead atoms. The van der Waals surface area contributed by atoms with E-state index in [1.54, 1.807) is 7.11 Å². The van der Waals surface area contributed by atoms with E-state index in [0.717, 1.165) is 17.1 Å². The SMILES string of the molecule is CCCS(=O)(=O)Cc1nc(C)c(CNCCOC)s1. The number of nitrogens with one attached hydrogen (secondary N) is 1. The van der Waals surface area contributed by atoms with Gasteiger partial charge >= 0.3 is 0 Å². The van der Waals surface area contributed by atoms with Crippen molar-refractivity contribution in [3.05, 3.63) is 15.6 Å². The molecule has 7 heteroatoms. The zero-order valence-electron chi connectivity index (χ0n) is 11.7. The predicted molar refractivity (Wildman–Crippen MR) is 78.2 cm³/mol. The second-order valence-corrected chi connectivity index (χ2v) is 7.73. The van der Waals surface area contributed by atoms with Crippen molar-refractivity contribution in [3.63, 3.8) is 0 Å². The van der Waals surface area contributed by atoms with E-state index in [1.165, 1.54) is 11.3 Å². The van der Waals surface area contributed by atoms with E-state index in [0.29, 0.717) is 24.6 Å². The third-order valence-corrected chi connectivity index (χ3v) is 5.65. The van der Waals surface area contributed by atoms with Crippen molar-refractivity contribution in [1.29, 1.82) is 0 Å². The molecule has 0 saturated carbocycles. The van der Waals surface area contributed by atoms with Crippen molar-refractivity contribution in [1.82, 2.24) is 10.3 Å². The second-order valence-electron chi connectivity index (χ2n) is 4.38. The Kier molecular flexibility index (Phi) is 6.92. The number of aromatic nitrogens is 1. The van der Waals surface area contributed by atoms with Gasteiger partial charge < -0.3 is 10.1 Å². The minimum atomic E-state index is -3.01. The van der Waals surface area contributed by atoms with Crippen LogP contribution in [0.2, 0.25) is 0 Å². The van der Waals surface area contributed by atoms with Crippen molar-refractivity contribution >= 4 is 21.2 Å². The van der Waals surface area contributed by atoms with E-state index in [2.05, 4.69) is 10.3 Å². The highest BCUT2D eigenvalue weighted by molar-refractivity contribution is 7.90. The molecule has 0 atom stereocenters. The maximum Gasteiger partial charge on any atom is 0.156 e. The van der Waals surface area contributed by atoms with Crippen LogP contribution in [0.1, 0.15) is 28.9 Å². The summed E-state index contributed by atoms with van der Waals surface area (Å²) in [5, 5.41) is 3.93. The molecule has 1 rings (SSSR count). The molecule has 0 aromatic carbocycles. The molecule has 0 radical (unpaired) electrons. The highest BCUT2D eigenvalue weighted by Crippen LogP contribution is 2.20. The summed E-state index contributed by atoms with van der Waals surface area (Å²) in [5.41, 5.74) is 0.914. The fourth-order valence-corrected chi connectivity index (χ4v) is 4.48. The van der Waals surface area contributed by atoms with Gasteiger partial charge in [0.15, 0.2) is 9.84 Å². The lowest BCUT2D eigenvalue weighted by molar-refractivity contribution is 0.199. The van der Waals surface area contributed by atoms with E-state index < -0.39 is 9.84 Å². The first-order chi connectivity index (χ1) is 8.98. The summed E-state index contributed by atoms with van der Waals surface area (Å²) in [4.78, 5) is 5.44. The Morgan fingerprint density at radius 1 is 1.42 bits per heavy atom. The van der Waals surface area contributed by atoms with Gasteiger partial charge in [0.1, 0.15) is 10.8 Å². The van der Waals surface area contributed by atoms with E-state index in [9.17, 15) is 8.42 Å². The first kappa shape index (κ1) is 16.6. The lowest BCUT2D eigenvalue weighted by Gasteiger charge is -2.01. The summed E-state index contributed by atoms with van der Waals surface area (Å²) in [6.45, 7) is 5.93. The summed E-state index contributed by atoms with van der Waals surface area (Å²) >= 11 is 1.48. The maximum atomic E-state index is 11.8. The Hall–Kier alpha value is -0.500. The fraction of sp³-hybridized carbons (Fsp3) is 0.750. The summed E-state index contributed by atoms with van der Waals surface area (Å²) in [6, 6.07) is 0. The first-order valence-electron chi connectivity index (χ1n) is 6.33. The molecule has 19 heavy (non-hydrogen) atoms. The molecular weight excluding hydrogens is 284 g/mol. The molecule has 0 amide bonds. The van der Waals surface area contributed by atoms with Crippen LogP contribution in [0.5, 0.6) is 0 Å². The van der Waals surface area contributed by atoms with Crippen molar-refractivity contribution in [2.24, 2.45) is 0 Å². The average molecular weight is 306 g/mol. The Morgan fingerprint density at radius 3 is 2.79 bits per heavy atom. The molecule has 0 aliphatic rings. The molecule has 1 N–H and O–H groups in total. The van der Waals surface area contributed by atoms with Crippen LogP contribution in [0.15, 0.2) is 0 Å². The van der Waals surface area contributed by atoms with Gasteiger partial charge in [-0.3, -0.25) is 0 Å². The summed E-state index contributed by atoms with van der Waals surface area (Å²) < 4.78 is 28.5. The third kappa shape index (κ3) is 5.99. The van der Waals surface area contributed by atoms with Gasteiger partial charge in [0.25, 0.3) is 0 Å². The summed E-state index contributed by atoms with van der Waals surface area (Å²) in [6.07, 6.45) is 0.651. The lowest BCUT2D eigenvalue weighted by Crippen LogP contribution is -2.18. The smallest absolute Gasteiger partial charge is 0.156 e. The molecule has 0 unspecified atom stereocenters. The standard InChI is InChI=1S/C12H22N2O3S2/c1-4-7-19(15,16)9-12-14-10(2)11(18-12)8-13-5-6-17-3/h13H,4-9H2,1-3H3. The van der Waals surface area contributed by atoms with Gasteiger partial charge in [-0.1, -0.05) is 6.92 Å². The highest BCUT2D eigenvalue weighted by Gasteiger charge is 2.15. The number of methoxy groups -OCH3 is 1. The van der Waals surface area contributed by atoms with Crippen LogP contribution in [0.4, 0.5) is 0 Å². The number of nitrogens with zero attached hydrogens (tertiary/aromatic N) is 1. The largest absolute Gasteiger partial charge is 0.383 e. The normalized spacial score (nSPS) is 11.9. The van der Waals surface area contributed by atoms with Crippen molar-refractivity contribution in [2.45, 2.75) is 32.6 Å². The number of thiazole rings is 1. The Labute approximate surface area is 119 Å². The molecule has 0 aliphatic carbocycles. The van der Waals surface area contributed by atoms with Crippen molar-refractivity contribution in [2.75, 3.05) is 26.0 Å². The van der Waals surface area contributed by atoms with Gasteiger partial charge in [-0.05, 0) is 13.3 Å². The zero-order valence-corrected chi connectivity index (χ0v) is 13.4. The van der Waals surface area contributed by atoms with Gasteiger partial charge in [-0.15, -0.1) is 11.3 Å². The van der Waals surface area contributed by atoms with Crippen LogP contribution in [-0.2, 0) is 26.9 Å². The third-order valence-electron chi connectivity index (χ3n) is 2.56. The van der Waals surface area contributed by atoms with Gasteiger partial charge in [0.2, 0.25) is 0 Å². The first-order valence-corrected chi connectivity index (χ1v) is 8.97. The molecule has 1 heterocycles. The molecule has 1 aromatic rings. The lowest BCUT2D eigenvalue weighted by atomic mass is 10.4. The van der Waals surface area contributed by atoms with Crippen molar-refractivity contribution < 1.29 is 13.2 Å². The van der Waals surface area contributed by atoms with Crippen LogP contribution in [0.3, 0.4) is 0 Å². The van der Waals surface area contributed by atoms with Crippen LogP contribution < -0.4 is 5.32 Å². The van der Waals surface area contributed by atoms with Gasteiger partial charge in [-0.25, -0.2) is 13.4 Å². The quantitative estimate of drug-likeness (QED) is 0.701. The van der Waals surface area contributed by atoms with E-state index >= 15 is 0 Å². The molecule has 110 valence electrons. The minimum Gasteiger partial charge on any atom is -0.383 e. The second kappa shape index (κ2) is 7.94. The number of ether oxygens (including phenoxy) is 1. The Balaban J connectivity index is 2.58. The Bertz CT molecular complexity index is 483. The molecule has 0 saturated heterocycles. The number of hydrogen-bond acceptors (Lipinski definition) is 6. The predicted octanol–water partition coefficient (Wildman–Crippen LogP) is 1.51. The van der Waals surface area contributed by atoms with E-state index in [4.69, 9.17) is 4.74 Å². The van der Waals surface area contributed by atoms with Gasteiger partial charge in [0, 0.05) is 25.1 Å². The van der Waals surface area contributed by atoms with E-state index in [1.807, 2.05) is 13.8 Å². The molecule has 0 fully saturated rings. The van der Waals surface area contributed by atoms with Crippen LogP contribution in [0, 0.1) is 6.92 Å². The van der Waals surface area contributed by atoms with Crippen LogP contribution in [-0.4, -0.2) is 39.4 Å². The molecule has 5 nitrogen and oxygen atoms in total. The molecule has 1 aromatic heterocycles. The summed E-state index contributed by atoms with van der Waals surface area (Å²) in [7, 11) is -1.35. The van der Waals surface area contributed by atoms with Gasteiger partial charge in [0.05, 0.1) is 18.1 Å². The van der Waals surface area contributed by atoms with E-state index in [-0.39, 0.29) is 11.5 Å². The number of sulfone groups is 1. The van der Waals surface area contributed by atoms with Crippen molar-refractivity contribution in [3.8, 4) is 0 Å². The monoisotopic (exact) mass is 306 g/mol.